The van der Waals surface area contributed by atoms with Gasteiger partial charge in [0.15, 0.2) is 5.78 Å². The maximum atomic E-state index is 12.7. The highest BCUT2D eigenvalue weighted by atomic mass is 16.3. The van der Waals surface area contributed by atoms with E-state index in [1.807, 2.05) is 6.07 Å². The molecule has 1 saturated carbocycles. The second kappa shape index (κ2) is 5.75. The topological polar surface area (TPSA) is 37.3 Å². The van der Waals surface area contributed by atoms with E-state index in [0.29, 0.717) is 29.6 Å². The molecule has 1 N–H and O–H groups in total. The highest BCUT2D eigenvalue weighted by Gasteiger charge is 2.52. The first-order valence-electron chi connectivity index (χ1n) is 9.60. The summed E-state index contributed by atoms with van der Waals surface area (Å²) in [6.45, 7) is 4.72. The van der Waals surface area contributed by atoms with E-state index in [0.717, 1.165) is 12.0 Å². The molecule has 1 aromatic rings. The van der Waals surface area contributed by atoms with Gasteiger partial charge in [-0.1, -0.05) is 38.0 Å². The lowest BCUT2D eigenvalue weighted by Gasteiger charge is -2.50. The van der Waals surface area contributed by atoms with Crippen LogP contribution in [0.2, 0.25) is 0 Å². The van der Waals surface area contributed by atoms with Crippen LogP contribution < -0.4 is 0 Å². The van der Waals surface area contributed by atoms with Crippen molar-refractivity contribution < 1.29 is 9.90 Å². The first kappa shape index (κ1) is 15.9. The molecular weight excluding hydrogens is 296 g/mol. The van der Waals surface area contributed by atoms with Crippen molar-refractivity contribution >= 4 is 5.78 Å². The van der Waals surface area contributed by atoms with Crippen LogP contribution in [0.25, 0.3) is 0 Å². The van der Waals surface area contributed by atoms with Crippen LogP contribution in [0.5, 0.6) is 5.75 Å². The number of benzene rings is 1. The Kier molecular flexibility index (Phi) is 3.82. The number of fused-ring (bicyclic) bond motifs is 5. The van der Waals surface area contributed by atoms with Crippen molar-refractivity contribution in [1.82, 2.24) is 0 Å². The number of carbonyl (C=O) groups excluding carboxylic acids is 1. The second-order valence-corrected chi connectivity index (χ2v) is 8.30. The third kappa shape index (κ3) is 2.26. The molecule has 1 fully saturated rings. The number of ketones is 1. The minimum Gasteiger partial charge on any atom is -0.508 e. The Morgan fingerprint density at radius 1 is 1.33 bits per heavy atom. The van der Waals surface area contributed by atoms with Crippen LogP contribution >= 0.6 is 0 Å². The number of phenols is 1. The average Bonchev–Trinajstić information content (AvgIpc) is 2.90. The lowest BCUT2D eigenvalue weighted by molar-refractivity contribution is 0.0608. The van der Waals surface area contributed by atoms with E-state index in [1.165, 1.54) is 37.7 Å². The zero-order valence-electron chi connectivity index (χ0n) is 14.8. The van der Waals surface area contributed by atoms with Crippen molar-refractivity contribution in [2.75, 3.05) is 0 Å². The average molecular weight is 324 g/mol. The van der Waals surface area contributed by atoms with Gasteiger partial charge >= 0.3 is 0 Å². The lowest BCUT2D eigenvalue weighted by atomic mass is 9.54. The normalized spacial score (nSPS) is 34.3. The number of allylic oxidation sites excluding steroid dienone is 2. The molecule has 3 aliphatic carbocycles. The maximum Gasteiger partial charge on any atom is 0.163 e. The molecule has 0 aliphatic heterocycles. The minimum atomic E-state index is 0.214. The zero-order chi connectivity index (χ0) is 16.9. The Bertz CT molecular complexity index is 702. The Morgan fingerprint density at radius 2 is 2.17 bits per heavy atom. The lowest BCUT2D eigenvalue weighted by Crippen LogP contribution is -2.42. The van der Waals surface area contributed by atoms with E-state index in [2.05, 4.69) is 19.9 Å². The van der Waals surface area contributed by atoms with Gasteiger partial charge in [-0.3, -0.25) is 4.79 Å². The van der Waals surface area contributed by atoms with Crippen molar-refractivity contribution in [2.24, 2.45) is 17.3 Å². The van der Waals surface area contributed by atoms with Gasteiger partial charge in [0, 0.05) is 12.0 Å². The fraction of sp³-hybridized carbons (Fsp3) is 0.591. The van der Waals surface area contributed by atoms with E-state index in [9.17, 15) is 9.90 Å². The summed E-state index contributed by atoms with van der Waals surface area (Å²) in [5, 5.41) is 9.75. The summed E-state index contributed by atoms with van der Waals surface area (Å²) < 4.78 is 0. The number of unbranched alkanes of at least 4 members (excludes halogenated alkanes) is 1. The number of phenolic OH excluding ortho intramolecular Hbond substituents is 1. The molecule has 0 bridgehead atoms. The quantitative estimate of drug-likeness (QED) is 0.733. The van der Waals surface area contributed by atoms with E-state index in [-0.39, 0.29) is 11.5 Å². The monoisotopic (exact) mass is 324 g/mol. The number of aromatic hydroxyl groups is 1. The summed E-state index contributed by atoms with van der Waals surface area (Å²) in [4.78, 5) is 12.7. The summed E-state index contributed by atoms with van der Waals surface area (Å²) >= 11 is 0. The second-order valence-electron chi connectivity index (χ2n) is 8.30. The first-order chi connectivity index (χ1) is 11.5. The smallest absolute Gasteiger partial charge is 0.163 e. The molecule has 2 nitrogen and oxygen atoms in total. The minimum absolute atomic E-state index is 0.214. The molecular formula is C22H28O2. The van der Waals surface area contributed by atoms with Gasteiger partial charge in [-0.05, 0) is 73.0 Å². The summed E-state index contributed by atoms with van der Waals surface area (Å²) in [5.74, 6) is 2.03. The van der Waals surface area contributed by atoms with Crippen molar-refractivity contribution in [2.45, 2.75) is 64.7 Å². The summed E-state index contributed by atoms with van der Waals surface area (Å²) in [6, 6.07) is 5.44. The Morgan fingerprint density at radius 3 is 2.96 bits per heavy atom. The van der Waals surface area contributed by atoms with Crippen molar-refractivity contribution in [3.8, 4) is 5.75 Å². The van der Waals surface area contributed by atoms with Gasteiger partial charge in [0.1, 0.15) is 5.75 Å². The standard InChI is InChI=1S/C22H28O2/c1-3-4-5-14-6-9-20-18-13-21(24)19-12-15(23)7-8-16(19)17(18)10-11-22(14,20)2/h6-8,12,17-18,20,23H,3-5,9-11,13H2,1-2H3/t17?,18?,20?,22-/m1/s1. The van der Waals surface area contributed by atoms with Gasteiger partial charge < -0.3 is 5.11 Å². The third-order valence-corrected chi connectivity index (χ3v) is 7.14. The highest BCUT2D eigenvalue weighted by molar-refractivity contribution is 5.99. The number of hydrogen-bond acceptors (Lipinski definition) is 2. The van der Waals surface area contributed by atoms with Crippen LogP contribution in [0, 0.1) is 17.3 Å². The summed E-state index contributed by atoms with van der Waals surface area (Å²) in [5.41, 5.74) is 3.94. The zero-order valence-corrected chi connectivity index (χ0v) is 14.8. The van der Waals surface area contributed by atoms with Crippen LogP contribution in [0.4, 0.5) is 0 Å². The van der Waals surface area contributed by atoms with Gasteiger partial charge in [0.05, 0.1) is 0 Å². The molecule has 0 radical (unpaired) electrons. The van der Waals surface area contributed by atoms with E-state index in [1.54, 1.807) is 17.7 Å². The number of carbonyl (C=O) groups is 1. The van der Waals surface area contributed by atoms with Crippen LogP contribution in [0.1, 0.15) is 80.6 Å². The molecule has 4 rings (SSSR count). The molecule has 0 heterocycles. The molecule has 1 aromatic carbocycles. The predicted molar refractivity (Wildman–Crippen MR) is 96.3 cm³/mol. The number of hydrogen-bond donors (Lipinski definition) is 1. The van der Waals surface area contributed by atoms with E-state index < -0.39 is 0 Å². The Labute approximate surface area is 145 Å². The van der Waals surface area contributed by atoms with Gasteiger partial charge in [-0.15, -0.1) is 0 Å². The highest BCUT2D eigenvalue weighted by Crippen LogP contribution is 2.61. The molecule has 24 heavy (non-hydrogen) atoms. The van der Waals surface area contributed by atoms with Crippen LogP contribution in [-0.4, -0.2) is 10.9 Å². The molecule has 3 aliphatic rings. The number of rotatable bonds is 3. The third-order valence-electron chi connectivity index (χ3n) is 7.14. The van der Waals surface area contributed by atoms with Crippen LogP contribution in [0.15, 0.2) is 29.8 Å². The van der Waals surface area contributed by atoms with Crippen LogP contribution in [0.3, 0.4) is 0 Å². The van der Waals surface area contributed by atoms with Gasteiger partial charge in [-0.25, -0.2) is 0 Å². The van der Waals surface area contributed by atoms with Crippen molar-refractivity contribution in [3.63, 3.8) is 0 Å². The molecule has 128 valence electrons. The molecule has 3 unspecified atom stereocenters. The van der Waals surface area contributed by atoms with Crippen LogP contribution in [-0.2, 0) is 0 Å². The number of Topliss-reactive ketones (excluding diaryl/α,β-unsaturated/α-hetero) is 1. The fourth-order valence-corrected chi connectivity index (χ4v) is 5.80. The molecule has 2 heteroatoms. The summed E-state index contributed by atoms with van der Waals surface area (Å²) in [7, 11) is 0. The maximum absolute atomic E-state index is 12.7. The fourth-order valence-electron chi connectivity index (χ4n) is 5.80. The largest absolute Gasteiger partial charge is 0.508 e. The Balaban J connectivity index is 1.65. The molecule has 0 spiro atoms. The van der Waals surface area contributed by atoms with Gasteiger partial charge in [0.25, 0.3) is 0 Å². The Hall–Kier alpha value is -1.57. The predicted octanol–water partition coefficient (Wildman–Crippen LogP) is 5.62. The SMILES string of the molecule is CCCCC1=CCC2C3CC(=O)c4cc(O)ccc4C3CC[C@]12C. The van der Waals surface area contributed by atoms with E-state index >= 15 is 0 Å². The molecule has 0 saturated heterocycles. The van der Waals surface area contributed by atoms with Gasteiger partial charge in [-0.2, -0.15) is 0 Å². The van der Waals surface area contributed by atoms with E-state index in [4.69, 9.17) is 0 Å². The molecule has 0 aromatic heterocycles. The van der Waals surface area contributed by atoms with Gasteiger partial charge in [0.2, 0.25) is 0 Å². The first-order valence-corrected chi connectivity index (χ1v) is 9.60. The van der Waals surface area contributed by atoms with Crippen molar-refractivity contribution in [3.05, 3.63) is 41.0 Å². The van der Waals surface area contributed by atoms with Crippen molar-refractivity contribution in [1.29, 1.82) is 0 Å². The molecule has 4 atom stereocenters. The summed E-state index contributed by atoms with van der Waals surface area (Å²) in [6.07, 6.45) is 10.5. The molecule has 0 amide bonds.